The third-order valence-electron chi connectivity index (χ3n) is 12.7. The highest BCUT2D eigenvalue weighted by Gasteiger charge is 2.32. The number of anilines is 1. The molecule has 0 bridgehead atoms. The molecular weight excluding hydrogens is 844 g/mol. The molecule has 3 aliphatic rings. The van der Waals surface area contributed by atoms with Crippen LogP contribution in [0, 0.1) is 21.4 Å². The Labute approximate surface area is 372 Å². The first-order valence-electron chi connectivity index (χ1n) is 21.4. The van der Waals surface area contributed by atoms with Gasteiger partial charge in [-0.15, -0.1) is 0 Å². The number of hydrogen-bond acceptors (Lipinski definition) is 11. The standard InChI is InChI=1S/C47H53ClN6O8S/c1-46(2)16-14-34(40(27-46)32-4-6-35(48)7-5-32)29-52-20-22-53(23-21-52)36-8-10-39(43(25-36)62-37-24-33-15-19-49-44(33)50-28-37)45(55)51-63(59,60)38-9-11-42(41(26-38)54(57)58)61-30-31-12-17-47(3,56)18-13-31/h4-11,15,19,24-26,28,31,56H,12-14,16-18,20-23,27,29-30H2,1-3H3,(H,49,50)(H,51,55)/t31-,47+. The molecule has 3 aromatic carbocycles. The molecule has 3 N–H and O–H groups in total. The number of nitrogens with zero attached hydrogens (tertiary/aromatic N) is 4. The number of aliphatic hydroxyl groups is 1. The topological polar surface area (TPSA) is 180 Å². The minimum atomic E-state index is -4.60. The minimum Gasteiger partial charge on any atom is -0.487 e. The summed E-state index contributed by atoms with van der Waals surface area (Å²) in [5.41, 5.74) is 4.42. The van der Waals surface area contributed by atoms with Crippen LogP contribution in [-0.2, 0) is 10.0 Å². The molecule has 8 rings (SSSR count). The average Bonchev–Trinajstić information content (AvgIpc) is 3.72. The Bertz CT molecular complexity index is 2650. The Morgan fingerprint density at radius 1 is 0.984 bits per heavy atom. The van der Waals surface area contributed by atoms with Crippen molar-refractivity contribution in [3.63, 3.8) is 0 Å². The number of nitro benzene ring substituents is 1. The van der Waals surface area contributed by atoms with Crippen molar-refractivity contribution in [2.75, 3.05) is 44.2 Å². The second-order valence-electron chi connectivity index (χ2n) is 18.1. The van der Waals surface area contributed by atoms with E-state index in [0.717, 1.165) is 61.1 Å². The fourth-order valence-corrected chi connectivity index (χ4v) is 9.93. The number of allylic oxidation sites excluding steroid dienone is 1. The Hall–Kier alpha value is -5.48. The number of aromatic nitrogens is 2. The lowest BCUT2D eigenvalue weighted by molar-refractivity contribution is -0.386. The van der Waals surface area contributed by atoms with E-state index in [2.05, 4.69) is 50.5 Å². The van der Waals surface area contributed by atoms with Crippen LogP contribution in [0.5, 0.6) is 17.2 Å². The fraction of sp³-hybridized carbons (Fsp3) is 0.404. The van der Waals surface area contributed by atoms with Gasteiger partial charge in [-0.25, -0.2) is 18.1 Å². The van der Waals surface area contributed by atoms with Crippen LogP contribution >= 0.6 is 11.6 Å². The van der Waals surface area contributed by atoms with E-state index in [1.54, 1.807) is 31.3 Å². The summed E-state index contributed by atoms with van der Waals surface area (Å²) in [5, 5.41) is 23.9. The molecule has 3 heterocycles. The fourth-order valence-electron chi connectivity index (χ4n) is 8.82. The van der Waals surface area contributed by atoms with Gasteiger partial charge in [0.05, 0.1) is 33.8 Å². The summed E-state index contributed by atoms with van der Waals surface area (Å²) in [4.78, 5) is 37.0. The number of carbonyl (C=O) groups excluding carboxylic acids is 1. The van der Waals surface area contributed by atoms with Crippen LogP contribution in [0.3, 0.4) is 0 Å². The van der Waals surface area contributed by atoms with Gasteiger partial charge in [-0.2, -0.15) is 0 Å². The average molecular weight is 897 g/mol. The van der Waals surface area contributed by atoms with Gasteiger partial charge in [0.1, 0.15) is 17.1 Å². The number of amides is 1. The Morgan fingerprint density at radius 3 is 2.46 bits per heavy atom. The molecule has 63 heavy (non-hydrogen) atoms. The molecule has 5 aromatic rings. The number of halogens is 1. The molecule has 1 saturated carbocycles. The van der Waals surface area contributed by atoms with Crippen molar-refractivity contribution in [1.29, 1.82) is 0 Å². The molecule has 14 nitrogen and oxygen atoms in total. The number of aromatic amines is 1. The first-order valence-corrected chi connectivity index (χ1v) is 23.3. The Balaban J connectivity index is 0.993. The first kappa shape index (κ1) is 44.1. The predicted molar refractivity (Wildman–Crippen MR) is 243 cm³/mol. The molecule has 332 valence electrons. The monoisotopic (exact) mass is 896 g/mol. The van der Waals surface area contributed by atoms with Gasteiger partial charge in [-0.1, -0.05) is 43.2 Å². The van der Waals surface area contributed by atoms with Gasteiger partial charge >= 0.3 is 5.69 Å². The second-order valence-corrected chi connectivity index (χ2v) is 20.3. The van der Waals surface area contributed by atoms with Gasteiger partial charge in [0.2, 0.25) is 0 Å². The lowest BCUT2D eigenvalue weighted by Crippen LogP contribution is -2.47. The van der Waals surface area contributed by atoms with Gasteiger partial charge in [-0.3, -0.25) is 19.8 Å². The van der Waals surface area contributed by atoms with E-state index < -0.39 is 37.0 Å². The number of nitro groups is 1. The Kier molecular flexibility index (Phi) is 12.6. The summed E-state index contributed by atoms with van der Waals surface area (Å²) in [7, 11) is -4.60. The molecule has 0 spiro atoms. The molecule has 1 aliphatic heterocycles. The SMILES string of the molecule is CC1(C)CCC(CN2CCN(c3ccc(C(=O)NS(=O)(=O)c4ccc(OC[C@H]5CC[C@@](C)(O)CC5)c([N+](=O)[O-])c4)c(Oc4cnc5[nH]ccc5c4)c3)CC2)=C(c2ccc(Cl)cc2)C1. The molecule has 2 aromatic heterocycles. The van der Waals surface area contributed by atoms with Crippen LogP contribution in [0.15, 0.2) is 95.7 Å². The molecule has 1 amide bonds. The van der Waals surface area contributed by atoms with Crippen LogP contribution in [0.2, 0.25) is 5.02 Å². The van der Waals surface area contributed by atoms with Crippen LogP contribution in [0.25, 0.3) is 16.6 Å². The largest absolute Gasteiger partial charge is 0.487 e. The number of piperazine rings is 1. The van der Waals surface area contributed by atoms with Gasteiger partial charge in [-0.05, 0) is 123 Å². The quantitative estimate of drug-likeness (QED) is 0.0758. The van der Waals surface area contributed by atoms with Gasteiger partial charge in [0, 0.05) is 67.1 Å². The summed E-state index contributed by atoms with van der Waals surface area (Å²) >= 11 is 6.24. The van der Waals surface area contributed by atoms with Crippen LogP contribution in [0.1, 0.15) is 81.6 Å². The zero-order chi connectivity index (χ0) is 44.5. The van der Waals surface area contributed by atoms with Crippen LogP contribution in [0.4, 0.5) is 11.4 Å². The molecule has 1 saturated heterocycles. The number of sulfonamides is 1. The van der Waals surface area contributed by atoms with Crippen LogP contribution in [-0.4, -0.2) is 84.2 Å². The number of hydrogen-bond donors (Lipinski definition) is 3. The van der Waals surface area contributed by atoms with Gasteiger partial charge in [0.25, 0.3) is 15.9 Å². The summed E-state index contributed by atoms with van der Waals surface area (Å²) in [6, 6.07) is 20.1. The molecular formula is C47H53ClN6O8S. The van der Waals surface area contributed by atoms with Crippen LogP contribution < -0.4 is 19.1 Å². The van der Waals surface area contributed by atoms with E-state index >= 15 is 0 Å². The van der Waals surface area contributed by atoms with E-state index in [0.29, 0.717) is 50.2 Å². The summed E-state index contributed by atoms with van der Waals surface area (Å²) in [5.74, 6) is -0.520. The van der Waals surface area contributed by atoms with Crippen molar-refractivity contribution < 1.29 is 32.7 Å². The zero-order valence-electron chi connectivity index (χ0n) is 35.7. The van der Waals surface area contributed by atoms with E-state index in [1.165, 1.54) is 41.1 Å². The number of H-pyrrole nitrogens is 1. The van der Waals surface area contributed by atoms with Crippen molar-refractivity contribution in [1.82, 2.24) is 19.6 Å². The van der Waals surface area contributed by atoms with E-state index in [1.807, 2.05) is 18.2 Å². The van der Waals surface area contributed by atoms with E-state index in [-0.39, 0.29) is 35.0 Å². The summed E-state index contributed by atoms with van der Waals surface area (Å²) < 4.78 is 41.6. The molecule has 0 radical (unpaired) electrons. The Morgan fingerprint density at radius 2 is 1.73 bits per heavy atom. The molecule has 0 atom stereocenters. The van der Waals surface area contributed by atoms with Crippen molar-refractivity contribution in [2.24, 2.45) is 11.3 Å². The summed E-state index contributed by atoms with van der Waals surface area (Å²) in [6.45, 7) is 10.6. The third kappa shape index (κ3) is 10.5. The number of fused-ring (bicyclic) bond motifs is 1. The first-order chi connectivity index (χ1) is 30.0. The number of benzene rings is 3. The predicted octanol–water partition coefficient (Wildman–Crippen LogP) is 9.14. The maximum absolute atomic E-state index is 13.9. The number of ether oxygens (including phenoxy) is 2. The van der Waals surface area contributed by atoms with Gasteiger partial charge in [0.15, 0.2) is 5.75 Å². The molecule has 0 unspecified atom stereocenters. The molecule has 16 heteroatoms. The summed E-state index contributed by atoms with van der Waals surface area (Å²) in [6.07, 6.45) is 9.03. The maximum atomic E-state index is 13.9. The highest BCUT2D eigenvalue weighted by molar-refractivity contribution is 7.90. The third-order valence-corrected chi connectivity index (χ3v) is 14.2. The highest BCUT2D eigenvalue weighted by atomic mass is 35.5. The van der Waals surface area contributed by atoms with E-state index in [9.17, 15) is 28.4 Å². The molecule has 2 aliphatic carbocycles. The second kappa shape index (κ2) is 17.9. The number of rotatable bonds is 13. The number of pyridine rings is 1. The van der Waals surface area contributed by atoms with Crippen molar-refractivity contribution in [3.8, 4) is 17.2 Å². The van der Waals surface area contributed by atoms with Crippen molar-refractivity contribution in [3.05, 3.63) is 117 Å². The normalized spacial score (nSPS) is 20.7. The van der Waals surface area contributed by atoms with Crippen molar-refractivity contribution in [2.45, 2.75) is 76.2 Å². The van der Waals surface area contributed by atoms with E-state index in [4.69, 9.17) is 21.1 Å². The molecule has 2 fully saturated rings. The minimum absolute atomic E-state index is 0.0575. The highest BCUT2D eigenvalue weighted by Crippen LogP contribution is 2.44. The smallest absolute Gasteiger partial charge is 0.312 e. The number of carbonyl (C=O) groups is 1. The lowest BCUT2D eigenvalue weighted by Gasteiger charge is -2.39. The van der Waals surface area contributed by atoms with Gasteiger partial charge < -0.3 is 24.5 Å². The number of nitrogens with one attached hydrogen (secondary N) is 2. The lowest BCUT2D eigenvalue weighted by atomic mass is 9.72. The maximum Gasteiger partial charge on any atom is 0.312 e. The van der Waals surface area contributed by atoms with Crippen molar-refractivity contribution >= 4 is 55.5 Å². The zero-order valence-corrected chi connectivity index (χ0v) is 37.3.